The average Bonchev–Trinajstić information content (AvgIpc) is 2.50. The number of benzene rings is 2. The molecule has 0 spiro atoms. The zero-order valence-electron chi connectivity index (χ0n) is 11.4. The van der Waals surface area contributed by atoms with Gasteiger partial charge in [-0.1, -0.05) is 41.9 Å². The van der Waals surface area contributed by atoms with Crippen molar-refractivity contribution in [3.05, 3.63) is 70.9 Å². The van der Waals surface area contributed by atoms with E-state index in [2.05, 4.69) is 10.6 Å². The van der Waals surface area contributed by atoms with E-state index >= 15 is 0 Å². The molecule has 0 saturated carbocycles. The summed E-state index contributed by atoms with van der Waals surface area (Å²) in [5.74, 6) is -1.17. The van der Waals surface area contributed by atoms with Crippen LogP contribution in [-0.4, -0.2) is 17.1 Å². The summed E-state index contributed by atoms with van der Waals surface area (Å²) < 4.78 is 0. The Morgan fingerprint density at radius 1 is 1.09 bits per heavy atom. The molecule has 0 aromatic heterocycles. The molecule has 112 valence electrons. The molecule has 2 rings (SSSR count). The van der Waals surface area contributed by atoms with Gasteiger partial charge in [-0.05, 0) is 29.8 Å². The molecule has 6 heteroatoms. The second kappa shape index (κ2) is 7.28. The van der Waals surface area contributed by atoms with Gasteiger partial charge in [0, 0.05) is 11.2 Å². The largest absolute Gasteiger partial charge is 0.478 e. The predicted molar refractivity (Wildman–Crippen MR) is 86.0 cm³/mol. The van der Waals surface area contributed by atoms with Gasteiger partial charge in [-0.15, -0.1) is 0 Å². The monoisotopic (exact) mass is 316 g/mol. The predicted octanol–water partition coefficient (Wildman–Crippen LogP) is 3.83. The van der Waals surface area contributed by atoms with Gasteiger partial charge in [0.2, 0.25) is 0 Å². The lowest BCUT2D eigenvalue weighted by atomic mass is 10.2. The third kappa shape index (κ3) is 4.36. The minimum absolute atomic E-state index is 0.0744. The van der Waals surface area contributed by atoms with E-state index in [0.717, 1.165) is 5.56 Å². The summed E-state index contributed by atoms with van der Waals surface area (Å²) in [5, 5.41) is 14.3. The van der Waals surface area contributed by atoms with E-state index in [-0.39, 0.29) is 16.3 Å². The molecule has 0 unspecified atom stereocenters. The Bertz CT molecular complexity index is 715. The van der Waals surface area contributed by atoms with Crippen molar-refractivity contribution in [3.63, 3.8) is 0 Å². The van der Waals surface area contributed by atoms with Crippen LogP contribution in [0, 0.1) is 0 Å². The number of aromatic carboxylic acids is 1. The highest BCUT2D eigenvalue weighted by Gasteiger charge is 2.12. The lowest BCUT2D eigenvalue weighted by Gasteiger charge is -2.08. The number of carbonyl (C=O) groups excluding carboxylic acids is 1. The summed E-state index contributed by atoms with van der Waals surface area (Å²) in [6.07, 6.45) is 3.20. The van der Waals surface area contributed by atoms with Crippen LogP contribution in [0.5, 0.6) is 0 Å². The molecule has 2 amide bonds. The molecule has 2 aromatic carbocycles. The van der Waals surface area contributed by atoms with Gasteiger partial charge in [0.25, 0.3) is 0 Å². The summed E-state index contributed by atoms with van der Waals surface area (Å²) in [5.41, 5.74) is 1.03. The fourth-order valence-corrected chi connectivity index (χ4v) is 1.91. The Morgan fingerprint density at radius 3 is 2.50 bits per heavy atom. The molecule has 2 aromatic rings. The fraction of sp³-hybridized carbons (Fsp3) is 0. The van der Waals surface area contributed by atoms with Crippen LogP contribution in [0.4, 0.5) is 10.5 Å². The zero-order valence-corrected chi connectivity index (χ0v) is 12.2. The Hall–Kier alpha value is -2.79. The lowest BCUT2D eigenvalue weighted by Crippen LogP contribution is -2.24. The first-order valence-corrected chi connectivity index (χ1v) is 6.76. The number of hydrogen-bond donors (Lipinski definition) is 3. The number of rotatable bonds is 4. The number of halogens is 1. The SMILES string of the molecule is O=C(NC=Cc1ccccc1)Nc1ccc(Cl)cc1C(=O)O. The number of amides is 2. The molecule has 0 bridgehead atoms. The highest BCUT2D eigenvalue weighted by molar-refractivity contribution is 6.31. The summed E-state index contributed by atoms with van der Waals surface area (Å²) in [6, 6.07) is 13.1. The first kappa shape index (κ1) is 15.6. The van der Waals surface area contributed by atoms with Crippen molar-refractivity contribution in [3.8, 4) is 0 Å². The molecule has 0 fully saturated rings. The van der Waals surface area contributed by atoms with Crippen molar-refractivity contribution in [1.82, 2.24) is 5.32 Å². The number of anilines is 1. The Balaban J connectivity index is 2.01. The molecule has 0 atom stereocenters. The van der Waals surface area contributed by atoms with Gasteiger partial charge in [0.1, 0.15) is 0 Å². The van der Waals surface area contributed by atoms with E-state index < -0.39 is 12.0 Å². The first-order chi connectivity index (χ1) is 10.6. The maximum Gasteiger partial charge on any atom is 0.337 e. The van der Waals surface area contributed by atoms with Crippen LogP contribution in [-0.2, 0) is 0 Å². The van der Waals surface area contributed by atoms with Gasteiger partial charge >= 0.3 is 12.0 Å². The van der Waals surface area contributed by atoms with Crippen molar-refractivity contribution in [1.29, 1.82) is 0 Å². The van der Waals surface area contributed by atoms with E-state index in [1.807, 2.05) is 30.3 Å². The number of carbonyl (C=O) groups is 2. The highest BCUT2D eigenvalue weighted by Crippen LogP contribution is 2.20. The number of nitrogens with one attached hydrogen (secondary N) is 2. The molecular formula is C16H13ClN2O3. The summed E-state index contributed by atoms with van der Waals surface area (Å²) in [4.78, 5) is 22.9. The number of carboxylic acids is 1. The van der Waals surface area contributed by atoms with Crippen LogP contribution in [0.2, 0.25) is 5.02 Å². The second-order valence-electron chi connectivity index (χ2n) is 4.34. The van der Waals surface area contributed by atoms with Gasteiger partial charge in [-0.3, -0.25) is 0 Å². The normalized spacial score (nSPS) is 10.4. The smallest absolute Gasteiger partial charge is 0.337 e. The average molecular weight is 317 g/mol. The number of carboxylic acid groups (broad SMARTS) is 1. The summed E-state index contributed by atoms with van der Waals surface area (Å²) >= 11 is 5.75. The van der Waals surface area contributed by atoms with Crippen molar-refractivity contribution in [2.75, 3.05) is 5.32 Å². The lowest BCUT2D eigenvalue weighted by molar-refractivity contribution is 0.0698. The number of urea groups is 1. The highest BCUT2D eigenvalue weighted by atomic mass is 35.5. The Kier molecular flexibility index (Phi) is 5.16. The molecule has 0 heterocycles. The molecule has 0 radical (unpaired) electrons. The van der Waals surface area contributed by atoms with Crippen molar-refractivity contribution in [2.45, 2.75) is 0 Å². The van der Waals surface area contributed by atoms with Crippen LogP contribution in [0.25, 0.3) is 6.08 Å². The van der Waals surface area contributed by atoms with Crippen molar-refractivity contribution < 1.29 is 14.7 Å². The third-order valence-corrected chi connectivity index (χ3v) is 2.99. The zero-order chi connectivity index (χ0) is 15.9. The molecule has 22 heavy (non-hydrogen) atoms. The van der Waals surface area contributed by atoms with E-state index in [4.69, 9.17) is 16.7 Å². The van der Waals surface area contributed by atoms with E-state index in [9.17, 15) is 9.59 Å². The first-order valence-electron chi connectivity index (χ1n) is 6.38. The standard InChI is InChI=1S/C16H13ClN2O3/c17-12-6-7-14(13(10-12)15(20)21)19-16(22)18-9-8-11-4-2-1-3-5-11/h1-10H,(H,20,21)(H2,18,19,22). The summed E-state index contributed by atoms with van der Waals surface area (Å²) in [7, 11) is 0. The molecule has 0 aliphatic rings. The quantitative estimate of drug-likeness (QED) is 0.802. The van der Waals surface area contributed by atoms with Gasteiger partial charge in [0.05, 0.1) is 11.3 Å². The van der Waals surface area contributed by atoms with Crippen molar-refractivity contribution in [2.24, 2.45) is 0 Å². The minimum Gasteiger partial charge on any atom is -0.478 e. The van der Waals surface area contributed by atoms with Crippen LogP contribution in [0.3, 0.4) is 0 Å². The molecule has 0 aliphatic carbocycles. The van der Waals surface area contributed by atoms with Gasteiger partial charge in [-0.2, -0.15) is 0 Å². The van der Waals surface area contributed by atoms with Crippen LogP contribution in [0.1, 0.15) is 15.9 Å². The molecule has 3 N–H and O–H groups in total. The topological polar surface area (TPSA) is 78.4 Å². The molecule has 5 nitrogen and oxygen atoms in total. The van der Waals surface area contributed by atoms with Gasteiger partial charge in [0.15, 0.2) is 0 Å². The Labute approximate surface area is 132 Å². The van der Waals surface area contributed by atoms with E-state index in [1.54, 1.807) is 6.08 Å². The maximum absolute atomic E-state index is 11.8. The van der Waals surface area contributed by atoms with Crippen LogP contribution < -0.4 is 10.6 Å². The second-order valence-corrected chi connectivity index (χ2v) is 4.77. The fourth-order valence-electron chi connectivity index (χ4n) is 1.74. The van der Waals surface area contributed by atoms with Gasteiger partial charge in [-0.25, -0.2) is 9.59 Å². The third-order valence-electron chi connectivity index (χ3n) is 2.75. The summed E-state index contributed by atoms with van der Waals surface area (Å²) in [6.45, 7) is 0. The molecular weight excluding hydrogens is 304 g/mol. The molecule has 0 saturated heterocycles. The van der Waals surface area contributed by atoms with Crippen LogP contribution >= 0.6 is 11.6 Å². The molecule has 0 aliphatic heterocycles. The van der Waals surface area contributed by atoms with Crippen LogP contribution in [0.15, 0.2) is 54.7 Å². The maximum atomic E-state index is 11.8. The van der Waals surface area contributed by atoms with Crippen molar-refractivity contribution >= 4 is 35.4 Å². The number of hydrogen-bond acceptors (Lipinski definition) is 2. The van der Waals surface area contributed by atoms with E-state index in [0.29, 0.717) is 0 Å². The van der Waals surface area contributed by atoms with E-state index in [1.165, 1.54) is 24.4 Å². The van der Waals surface area contributed by atoms with Gasteiger partial charge < -0.3 is 15.7 Å². The Morgan fingerprint density at radius 2 is 1.82 bits per heavy atom. The minimum atomic E-state index is -1.17.